The van der Waals surface area contributed by atoms with Crippen LogP contribution in [0.3, 0.4) is 0 Å². The first-order valence-electron chi connectivity index (χ1n) is 6.36. The van der Waals surface area contributed by atoms with Crippen LogP contribution in [-0.4, -0.2) is 39.4 Å². The summed E-state index contributed by atoms with van der Waals surface area (Å²) >= 11 is 0. The minimum Gasteiger partial charge on any atom is -0.361 e. The van der Waals surface area contributed by atoms with E-state index in [4.69, 9.17) is 0 Å². The molecule has 0 spiro atoms. The number of hydrogen-bond acceptors (Lipinski definition) is 5. The van der Waals surface area contributed by atoms with Crippen molar-refractivity contribution in [1.29, 1.82) is 0 Å². The van der Waals surface area contributed by atoms with Crippen LogP contribution < -0.4 is 10.2 Å². The number of anilines is 2. The van der Waals surface area contributed by atoms with Crippen LogP contribution in [0.2, 0.25) is 0 Å². The molecule has 21 heavy (non-hydrogen) atoms. The molecule has 0 saturated heterocycles. The molecule has 0 atom stereocenters. The Morgan fingerprint density at radius 3 is 2.95 bits per heavy atom. The Morgan fingerprint density at radius 1 is 1.29 bits per heavy atom. The van der Waals surface area contributed by atoms with E-state index >= 15 is 0 Å². The van der Waals surface area contributed by atoms with Gasteiger partial charge >= 0.3 is 0 Å². The Labute approximate surface area is 121 Å². The molecule has 1 amide bonds. The van der Waals surface area contributed by atoms with Crippen LogP contribution in [0.15, 0.2) is 43.2 Å². The minimum atomic E-state index is -0.219. The highest BCUT2D eigenvalue weighted by Gasteiger charge is 2.12. The zero-order chi connectivity index (χ0) is 14.8. The molecule has 7 nitrogen and oxygen atoms in total. The number of rotatable bonds is 3. The largest absolute Gasteiger partial charge is 0.361 e. The fourth-order valence-corrected chi connectivity index (χ4v) is 2.02. The summed E-state index contributed by atoms with van der Waals surface area (Å²) in [5.41, 5.74) is 1.90. The lowest BCUT2D eigenvalue weighted by Crippen LogP contribution is -2.18. The maximum Gasteiger partial charge on any atom is 0.257 e. The number of nitrogens with zero attached hydrogens (tertiary/aromatic N) is 5. The molecule has 3 rings (SSSR count). The van der Waals surface area contributed by atoms with Crippen molar-refractivity contribution in [2.75, 3.05) is 24.3 Å². The lowest BCUT2D eigenvalue weighted by Gasteiger charge is -2.15. The highest BCUT2D eigenvalue weighted by atomic mass is 16.1. The summed E-state index contributed by atoms with van der Waals surface area (Å²) in [7, 11) is 3.71. The first kappa shape index (κ1) is 13.0. The molecule has 0 aliphatic rings. The van der Waals surface area contributed by atoms with Crippen molar-refractivity contribution in [1.82, 2.24) is 19.4 Å². The Morgan fingerprint density at radius 2 is 2.14 bits per heavy atom. The summed E-state index contributed by atoms with van der Waals surface area (Å²) < 4.78 is 1.79. The van der Waals surface area contributed by atoms with E-state index in [0.717, 1.165) is 5.65 Å². The Hall–Kier alpha value is -2.96. The lowest BCUT2D eigenvalue weighted by molar-refractivity contribution is 0.102. The van der Waals surface area contributed by atoms with E-state index in [1.54, 1.807) is 41.3 Å². The summed E-state index contributed by atoms with van der Waals surface area (Å²) in [6.45, 7) is 0. The molecule has 0 unspecified atom stereocenters. The molecular formula is C14H14N6O. The highest BCUT2D eigenvalue weighted by Crippen LogP contribution is 2.20. The van der Waals surface area contributed by atoms with E-state index in [-0.39, 0.29) is 5.91 Å². The van der Waals surface area contributed by atoms with Crippen LogP contribution >= 0.6 is 0 Å². The summed E-state index contributed by atoms with van der Waals surface area (Å²) in [6, 6.07) is 3.53. The third-order valence-corrected chi connectivity index (χ3v) is 3.01. The lowest BCUT2D eigenvalue weighted by atomic mass is 10.2. The maximum absolute atomic E-state index is 12.3. The molecule has 7 heteroatoms. The van der Waals surface area contributed by atoms with Gasteiger partial charge in [-0.2, -0.15) is 0 Å². The Balaban J connectivity index is 1.89. The first-order chi connectivity index (χ1) is 10.1. The van der Waals surface area contributed by atoms with Gasteiger partial charge in [0.25, 0.3) is 5.91 Å². The van der Waals surface area contributed by atoms with Gasteiger partial charge in [0.15, 0.2) is 5.82 Å². The average molecular weight is 282 g/mol. The van der Waals surface area contributed by atoms with Crippen molar-refractivity contribution in [3.63, 3.8) is 0 Å². The summed E-state index contributed by atoms with van der Waals surface area (Å²) in [5.74, 6) is 0.436. The van der Waals surface area contributed by atoms with Gasteiger partial charge in [-0.25, -0.2) is 15.0 Å². The van der Waals surface area contributed by atoms with E-state index < -0.39 is 0 Å². The fourth-order valence-electron chi connectivity index (χ4n) is 2.02. The van der Waals surface area contributed by atoms with Crippen LogP contribution in [0.1, 0.15) is 10.4 Å². The van der Waals surface area contributed by atoms with Gasteiger partial charge in [0.05, 0.1) is 11.8 Å². The number of aromatic nitrogens is 4. The first-order valence-corrected chi connectivity index (χ1v) is 6.36. The fraction of sp³-hybridized carbons (Fsp3) is 0.143. The zero-order valence-corrected chi connectivity index (χ0v) is 11.7. The molecule has 3 aromatic heterocycles. The van der Waals surface area contributed by atoms with Crippen molar-refractivity contribution >= 4 is 23.1 Å². The second-order valence-electron chi connectivity index (χ2n) is 4.72. The van der Waals surface area contributed by atoms with E-state index in [0.29, 0.717) is 17.1 Å². The van der Waals surface area contributed by atoms with E-state index in [9.17, 15) is 4.79 Å². The molecule has 0 fully saturated rings. The number of hydrogen-bond donors (Lipinski definition) is 1. The van der Waals surface area contributed by atoms with Crippen molar-refractivity contribution < 1.29 is 4.79 Å². The number of carbonyl (C=O) groups excluding carboxylic acids is 1. The zero-order valence-electron chi connectivity index (χ0n) is 11.7. The molecule has 0 radical (unpaired) electrons. The monoisotopic (exact) mass is 282 g/mol. The predicted octanol–water partition coefficient (Wildman–Crippen LogP) is 1.44. The Bertz CT molecular complexity index is 795. The molecule has 0 aromatic carbocycles. The number of imidazole rings is 1. The van der Waals surface area contributed by atoms with Gasteiger partial charge in [0.1, 0.15) is 17.7 Å². The van der Waals surface area contributed by atoms with Crippen LogP contribution in [-0.2, 0) is 0 Å². The second-order valence-corrected chi connectivity index (χ2v) is 4.72. The van der Waals surface area contributed by atoms with Crippen molar-refractivity contribution in [2.45, 2.75) is 0 Å². The van der Waals surface area contributed by atoms with E-state index in [2.05, 4.69) is 20.3 Å². The Kier molecular flexibility index (Phi) is 3.23. The van der Waals surface area contributed by atoms with Gasteiger partial charge in [-0.05, 0) is 12.1 Å². The second kappa shape index (κ2) is 5.20. The smallest absolute Gasteiger partial charge is 0.257 e. The van der Waals surface area contributed by atoms with Gasteiger partial charge in [-0.15, -0.1) is 0 Å². The SMILES string of the molecule is CN(C)c1ncncc1NC(=O)c1ccc2nccn2c1. The molecule has 3 heterocycles. The van der Waals surface area contributed by atoms with Gasteiger partial charge < -0.3 is 14.6 Å². The molecular weight excluding hydrogens is 268 g/mol. The van der Waals surface area contributed by atoms with Gasteiger partial charge in [0, 0.05) is 32.7 Å². The summed E-state index contributed by atoms with van der Waals surface area (Å²) in [4.78, 5) is 26.4. The number of fused-ring (bicyclic) bond motifs is 1. The maximum atomic E-state index is 12.3. The third-order valence-electron chi connectivity index (χ3n) is 3.01. The van der Waals surface area contributed by atoms with Crippen molar-refractivity contribution in [3.05, 3.63) is 48.8 Å². The highest BCUT2D eigenvalue weighted by molar-refractivity contribution is 6.05. The molecule has 0 aliphatic carbocycles. The summed E-state index contributed by atoms with van der Waals surface area (Å²) in [5, 5.41) is 2.83. The predicted molar refractivity (Wildman–Crippen MR) is 79.5 cm³/mol. The number of carbonyl (C=O) groups is 1. The number of pyridine rings is 1. The molecule has 3 aromatic rings. The van der Waals surface area contributed by atoms with Crippen LogP contribution in [0.5, 0.6) is 0 Å². The van der Waals surface area contributed by atoms with E-state index in [1.165, 1.54) is 6.33 Å². The van der Waals surface area contributed by atoms with Gasteiger partial charge in [-0.3, -0.25) is 4.79 Å². The minimum absolute atomic E-state index is 0.219. The van der Waals surface area contributed by atoms with Crippen molar-refractivity contribution in [2.24, 2.45) is 0 Å². The van der Waals surface area contributed by atoms with Gasteiger partial charge in [-0.1, -0.05) is 0 Å². The van der Waals surface area contributed by atoms with Crippen molar-refractivity contribution in [3.8, 4) is 0 Å². The molecule has 0 aliphatic heterocycles. The molecule has 106 valence electrons. The van der Waals surface area contributed by atoms with E-state index in [1.807, 2.05) is 19.0 Å². The van der Waals surface area contributed by atoms with Crippen LogP contribution in [0.25, 0.3) is 5.65 Å². The number of amides is 1. The molecule has 0 bridgehead atoms. The quantitative estimate of drug-likeness (QED) is 0.786. The van der Waals surface area contributed by atoms with Crippen LogP contribution in [0, 0.1) is 0 Å². The summed E-state index contributed by atoms with van der Waals surface area (Å²) in [6.07, 6.45) is 8.24. The molecule has 0 saturated carbocycles. The van der Waals surface area contributed by atoms with Crippen LogP contribution in [0.4, 0.5) is 11.5 Å². The van der Waals surface area contributed by atoms with Gasteiger partial charge in [0.2, 0.25) is 0 Å². The third kappa shape index (κ3) is 2.53. The average Bonchev–Trinajstić information content (AvgIpc) is 2.94. The molecule has 1 N–H and O–H groups in total. The standard InChI is InChI=1S/C14H14N6O/c1-19(2)13-11(7-15-9-17-13)18-14(21)10-3-4-12-16-5-6-20(12)8-10/h3-9H,1-2H3,(H,18,21). The normalized spacial score (nSPS) is 10.6. The number of nitrogens with one attached hydrogen (secondary N) is 1. The topological polar surface area (TPSA) is 75.4 Å².